The molecule has 1 aliphatic heterocycles. The van der Waals surface area contributed by atoms with Crippen molar-refractivity contribution in [1.29, 1.82) is 0 Å². The molecule has 3 nitrogen and oxygen atoms in total. The van der Waals surface area contributed by atoms with Gasteiger partial charge in [-0.05, 0) is 12.2 Å². The molecule has 5 heteroatoms. The van der Waals surface area contributed by atoms with Gasteiger partial charge in [-0.3, -0.25) is 0 Å². The first-order valence-corrected chi connectivity index (χ1v) is 3.39. The third-order valence-corrected chi connectivity index (χ3v) is 1.63. The van der Waals surface area contributed by atoms with Crippen molar-refractivity contribution < 1.29 is 32.7 Å². The Kier molecular flexibility index (Phi) is 5.82. The predicted octanol–water partition coefficient (Wildman–Crippen LogP) is -0.0832. The fourth-order valence-electron chi connectivity index (χ4n) is 0.827. The van der Waals surface area contributed by atoms with E-state index in [2.05, 4.69) is 5.32 Å². The van der Waals surface area contributed by atoms with Crippen molar-refractivity contribution in [3.05, 3.63) is 5.32 Å². The molecular formula is C5H10N3SY-. The van der Waals surface area contributed by atoms with E-state index in [4.69, 9.17) is 18.0 Å². The minimum Gasteiger partial charge on any atom is -0.659 e. The van der Waals surface area contributed by atoms with Crippen LogP contribution in [0.3, 0.4) is 0 Å². The summed E-state index contributed by atoms with van der Waals surface area (Å²) in [6.45, 7) is 3.54. The van der Waals surface area contributed by atoms with Crippen LogP contribution in [0.25, 0.3) is 5.32 Å². The van der Waals surface area contributed by atoms with Gasteiger partial charge in [0.25, 0.3) is 0 Å². The normalized spacial score (nSPS) is 17.8. The molecule has 10 heavy (non-hydrogen) atoms. The van der Waals surface area contributed by atoms with Crippen LogP contribution in [0.1, 0.15) is 0 Å². The summed E-state index contributed by atoms with van der Waals surface area (Å²) in [5.41, 5.74) is 5.38. The molecule has 0 aromatic rings. The molecule has 0 aromatic carbocycles. The Morgan fingerprint density at radius 2 is 1.90 bits per heavy atom. The van der Waals surface area contributed by atoms with Crippen molar-refractivity contribution in [2.75, 3.05) is 26.2 Å². The topological polar surface area (TPSA) is 43.4 Å². The van der Waals surface area contributed by atoms with Gasteiger partial charge in [-0.25, -0.2) is 0 Å². The number of hydrogen-bond acceptors (Lipinski definition) is 1. The van der Waals surface area contributed by atoms with Gasteiger partial charge in [-0.15, -0.1) is 13.1 Å². The van der Waals surface area contributed by atoms with E-state index in [1.54, 1.807) is 0 Å². The summed E-state index contributed by atoms with van der Waals surface area (Å²) < 4.78 is 0. The molecule has 1 aliphatic rings. The van der Waals surface area contributed by atoms with Crippen LogP contribution >= 0.6 is 12.2 Å². The van der Waals surface area contributed by atoms with E-state index in [0.29, 0.717) is 5.11 Å². The third kappa shape index (κ3) is 3.24. The predicted molar refractivity (Wildman–Crippen MR) is 41.5 cm³/mol. The zero-order chi connectivity index (χ0) is 6.69. The summed E-state index contributed by atoms with van der Waals surface area (Å²) in [6.07, 6.45) is 0. The maximum Gasteiger partial charge on any atom is 0.166 e. The second-order valence-electron chi connectivity index (χ2n) is 2.00. The van der Waals surface area contributed by atoms with Crippen molar-refractivity contribution in [1.82, 2.24) is 4.90 Å². The minimum absolute atomic E-state index is 0. The molecule has 1 fully saturated rings. The average Bonchev–Trinajstić information content (AvgIpc) is 1.90. The largest absolute Gasteiger partial charge is 0.659 e. The molecule has 0 atom stereocenters. The molecule has 0 bridgehead atoms. The molecule has 1 saturated heterocycles. The van der Waals surface area contributed by atoms with Crippen molar-refractivity contribution >= 4 is 17.3 Å². The van der Waals surface area contributed by atoms with E-state index in [1.807, 2.05) is 4.90 Å². The summed E-state index contributed by atoms with van der Waals surface area (Å²) in [5.74, 6) is 0. The summed E-state index contributed by atoms with van der Waals surface area (Å²) in [5, 5.41) is 4.66. The van der Waals surface area contributed by atoms with Crippen LogP contribution in [0.5, 0.6) is 0 Å². The van der Waals surface area contributed by atoms with E-state index < -0.39 is 0 Å². The van der Waals surface area contributed by atoms with Gasteiger partial charge >= 0.3 is 0 Å². The van der Waals surface area contributed by atoms with Crippen LogP contribution < -0.4 is 5.73 Å². The summed E-state index contributed by atoms with van der Waals surface area (Å²) in [6, 6.07) is 0. The summed E-state index contributed by atoms with van der Waals surface area (Å²) in [7, 11) is 0. The second kappa shape index (κ2) is 5.41. The Morgan fingerprint density at radius 1 is 1.40 bits per heavy atom. The van der Waals surface area contributed by atoms with E-state index in [0.717, 1.165) is 26.2 Å². The molecular weight excluding hydrogens is 223 g/mol. The molecule has 2 N–H and O–H groups in total. The van der Waals surface area contributed by atoms with Gasteiger partial charge in [-0.2, -0.15) is 0 Å². The standard InChI is InChI=1S/C5H10N3S.Y/c6-5(9)8-3-1-7-2-4-8;/h1-4H2,(H2,6,9);/q-1;. The van der Waals surface area contributed by atoms with Crippen molar-refractivity contribution in [2.24, 2.45) is 5.73 Å². The minimum atomic E-state index is 0. The number of thiocarbonyl (C=S) groups is 1. The molecule has 0 amide bonds. The quantitative estimate of drug-likeness (QED) is 0.595. The van der Waals surface area contributed by atoms with Gasteiger partial charge < -0.3 is 16.0 Å². The fraction of sp³-hybridized carbons (Fsp3) is 0.800. The third-order valence-electron chi connectivity index (χ3n) is 1.37. The van der Waals surface area contributed by atoms with E-state index in [-0.39, 0.29) is 32.7 Å². The first-order valence-electron chi connectivity index (χ1n) is 2.98. The average molecular weight is 233 g/mol. The van der Waals surface area contributed by atoms with Crippen molar-refractivity contribution in [3.63, 3.8) is 0 Å². The van der Waals surface area contributed by atoms with E-state index >= 15 is 0 Å². The van der Waals surface area contributed by atoms with Gasteiger partial charge in [0.2, 0.25) is 0 Å². The first-order chi connectivity index (χ1) is 4.30. The fourth-order valence-corrected chi connectivity index (χ4v) is 1.01. The maximum atomic E-state index is 5.38. The monoisotopic (exact) mass is 233 g/mol. The molecule has 1 heterocycles. The summed E-state index contributed by atoms with van der Waals surface area (Å²) >= 11 is 4.78. The van der Waals surface area contributed by atoms with Crippen molar-refractivity contribution in [3.8, 4) is 0 Å². The van der Waals surface area contributed by atoms with Gasteiger partial charge in [0, 0.05) is 45.8 Å². The molecule has 0 aromatic heterocycles. The molecule has 0 saturated carbocycles. The van der Waals surface area contributed by atoms with Gasteiger partial charge in [0.05, 0.1) is 0 Å². The molecule has 0 spiro atoms. The molecule has 0 aliphatic carbocycles. The number of hydrogen-bond donors (Lipinski definition) is 1. The number of piperazine rings is 1. The first kappa shape index (κ1) is 10.8. The van der Waals surface area contributed by atoms with Crippen LogP contribution in [0.4, 0.5) is 0 Å². The Morgan fingerprint density at radius 3 is 2.20 bits per heavy atom. The van der Waals surface area contributed by atoms with Gasteiger partial charge in [0.15, 0.2) is 5.11 Å². The number of rotatable bonds is 0. The van der Waals surface area contributed by atoms with Crippen LogP contribution in [0.15, 0.2) is 0 Å². The Bertz CT molecular complexity index is 113. The van der Waals surface area contributed by atoms with E-state index in [9.17, 15) is 0 Å². The SMILES string of the molecule is NC(=S)N1CC[N-]CC1.[Y]. The zero-order valence-corrected chi connectivity index (χ0v) is 9.44. The van der Waals surface area contributed by atoms with Crippen LogP contribution in [-0.2, 0) is 32.7 Å². The number of nitrogens with two attached hydrogens (primary N) is 1. The van der Waals surface area contributed by atoms with Crippen molar-refractivity contribution in [2.45, 2.75) is 0 Å². The molecule has 0 unspecified atom stereocenters. The van der Waals surface area contributed by atoms with Crippen LogP contribution in [-0.4, -0.2) is 36.2 Å². The number of nitrogens with zero attached hydrogens (tertiary/aromatic N) is 2. The maximum absolute atomic E-state index is 5.38. The van der Waals surface area contributed by atoms with Gasteiger partial charge in [0.1, 0.15) is 0 Å². The Labute approximate surface area is 91.6 Å². The zero-order valence-electron chi connectivity index (χ0n) is 5.79. The molecule has 1 radical (unpaired) electrons. The second-order valence-corrected chi connectivity index (χ2v) is 2.41. The molecule has 55 valence electrons. The van der Waals surface area contributed by atoms with Crippen LogP contribution in [0.2, 0.25) is 0 Å². The summed E-state index contributed by atoms with van der Waals surface area (Å²) in [4.78, 5) is 1.97. The van der Waals surface area contributed by atoms with Gasteiger partial charge in [-0.1, -0.05) is 0 Å². The Balaban J connectivity index is 0.000000810. The smallest absolute Gasteiger partial charge is 0.166 e. The Hall–Kier alpha value is 0.754. The van der Waals surface area contributed by atoms with E-state index in [1.165, 1.54) is 0 Å². The molecule has 1 rings (SSSR count). The van der Waals surface area contributed by atoms with Crippen LogP contribution in [0, 0.1) is 0 Å².